The summed E-state index contributed by atoms with van der Waals surface area (Å²) in [6.07, 6.45) is 0.183. The van der Waals surface area contributed by atoms with E-state index in [0.717, 1.165) is 5.56 Å². The molecule has 0 aliphatic heterocycles. The van der Waals surface area contributed by atoms with Crippen molar-refractivity contribution in [3.63, 3.8) is 0 Å². The third-order valence-electron chi connectivity index (χ3n) is 4.41. The molecule has 0 unspecified atom stereocenters. The van der Waals surface area contributed by atoms with Gasteiger partial charge in [0.15, 0.2) is 0 Å². The minimum atomic E-state index is -0.890. The van der Waals surface area contributed by atoms with E-state index in [-0.39, 0.29) is 25.0 Å². The lowest BCUT2D eigenvalue weighted by Gasteiger charge is -2.17. The summed E-state index contributed by atoms with van der Waals surface area (Å²) in [5, 5.41) is 12.0. The largest absolute Gasteiger partial charge is 0.493 e. The number of nitrogens with one attached hydrogen (secondary N) is 1. The van der Waals surface area contributed by atoms with E-state index in [9.17, 15) is 9.59 Å². The topological polar surface area (TPSA) is 111 Å². The van der Waals surface area contributed by atoms with Crippen molar-refractivity contribution in [2.75, 3.05) is 13.2 Å². The van der Waals surface area contributed by atoms with Gasteiger partial charge in [0.05, 0.1) is 17.7 Å². The number of aliphatic hydroxyl groups is 1. The molecule has 0 bridgehead atoms. The maximum Gasteiger partial charge on any atom is 0.251 e. The Labute approximate surface area is 187 Å². The molecule has 8 heteroatoms. The normalized spacial score (nSPS) is 12.8. The molecule has 0 aliphatic rings. The smallest absolute Gasteiger partial charge is 0.251 e. The summed E-state index contributed by atoms with van der Waals surface area (Å²) in [6.45, 7) is 6.09. The van der Waals surface area contributed by atoms with Crippen LogP contribution in [0.25, 0.3) is 0 Å². The van der Waals surface area contributed by atoms with Gasteiger partial charge in [-0.25, -0.2) is 0 Å². The number of aliphatic hydroxyl groups excluding tert-OH is 1. The van der Waals surface area contributed by atoms with Crippen molar-refractivity contribution >= 4 is 23.4 Å². The van der Waals surface area contributed by atoms with Gasteiger partial charge in [-0.1, -0.05) is 30.7 Å². The highest BCUT2D eigenvalue weighted by Crippen LogP contribution is 2.26. The molecule has 0 aliphatic carbocycles. The van der Waals surface area contributed by atoms with Crippen molar-refractivity contribution in [1.82, 2.24) is 5.32 Å². The van der Waals surface area contributed by atoms with Crippen LogP contribution in [0.4, 0.5) is 0 Å². The summed E-state index contributed by atoms with van der Waals surface area (Å²) in [5.41, 5.74) is 6.61. The maximum absolute atomic E-state index is 12.6. The third kappa shape index (κ3) is 7.77. The van der Waals surface area contributed by atoms with Crippen molar-refractivity contribution in [3.05, 3.63) is 58.6 Å². The SMILES string of the molecule is CC(C)Oc1ccc(C(=O)N[C@@H](Cc2ccc(OC[C@@H](C)CO)cc2)C(N)=O)cc1Cl. The minimum Gasteiger partial charge on any atom is -0.493 e. The van der Waals surface area contributed by atoms with E-state index in [0.29, 0.717) is 28.7 Å². The summed E-state index contributed by atoms with van der Waals surface area (Å²) in [6, 6.07) is 10.9. The van der Waals surface area contributed by atoms with E-state index >= 15 is 0 Å². The quantitative estimate of drug-likeness (QED) is 0.489. The number of halogens is 1. The Morgan fingerprint density at radius 3 is 2.35 bits per heavy atom. The van der Waals surface area contributed by atoms with Crippen LogP contribution in [0.1, 0.15) is 36.7 Å². The Kier molecular flexibility index (Phi) is 9.15. The van der Waals surface area contributed by atoms with Gasteiger partial charge in [-0.15, -0.1) is 0 Å². The molecular weight excluding hydrogens is 420 g/mol. The number of nitrogens with two attached hydrogens (primary N) is 1. The predicted molar refractivity (Wildman–Crippen MR) is 120 cm³/mol. The Balaban J connectivity index is 2.02. The molecular formula is C23H29ClN2O5. The fraction of sp³-hybridized carbons (Fsp3) is 0.391. The van der Waals surface area contributed by atoms with Gasteiger partial charge >= 0.3 is 0 Å². The molecule has 0 fully saturated rings. The van der Waals surface area contributed by atoms with Crippen LogP contribution in [0.2, 0.25) is 5.02 Å². The number of carbonyl (C=O) groups excluding carboxylic acids is 2. The molecule has 2 amide bonds. The lowest BCUT2D eigenvalue weighted by molar-refractivity contribution is -0.119. The van der Waals surface area contributed by atoms with Gasteiger partial charge in [0.1, 0.15) is 17.5 Å². The molecule has 0 heterocycles. The number of rotatable bonds is 11. The number of primary amides is 1. The second-order valence-corrected chi connectivity index (χ2v) is 8.09. The second-order valence-electron chi connectivity index (χ2n) is 7.69. The highest BCUT2D eigenvalue weighted by atomic mass is 35.5. The first-order valence-electron chi connectivity index (χ1n) is 10.1. The second kappa shape index (κ2) is 11.6. The molecule has 0 spiro atoms. The van der Waals surface area contributed by atoms with Crippen LogP contribution in [0.3, 0.4) is 0 Å². The van der Waals surface area contributed by atoms with Gasteiger partial charge in [-0.05, 0) is 49.7 Å². The van der Waals surface area contributed by atoms with Crippen LogP contribution < -0.4 is 20.5 Å². The molecule has 0 radical (unpaired) electrons. The van der Waals surface area contributed by atoms with Gasteiger partial charge < -0.3 is 25.6 Å². The average molecular weight is 449 g/mol. The van der Waals surface area contributed by atoms with Crippen LogP contribution >= 0.6 is 11.6 Å². The molecule has 2 aromatic rings. The summed E-state index contributed by atoms with van der Waals surface area (Å²) >= 11 is 6.19. The van der Waals surface area contributed by atoms with E-state index in [1.165, 1.54) is 6.07 Å². The Morgan fingerprint density at radius 1 is 1.13 bits per heavy atom. The van der Waals surface area contributed by atoms with Gasteiger partial charge in [0.2, 0.25) is 5.91 Å². The molecule has 0 saturated heterocycles. The number of amides is 2. The highest BCUT2D eigenvalue weighted by molar-refractivity contribution is 6.32. The zero-order chi connectivity index (χ0) is 23.0. The van der Waals surface area contributed by atoms with E-state index in [1.54, 1.807) is 36.4 Å². The molecule has 7 nitrogen and oxygen atoms in total. The monoisotopic (exact) mass is 448 g/mol. The number of carbonyl (C=O) groups is 2. The van der Waals surface area contributed by atoms with Crippen molar-refractivity contribution < 1.29 is 24.2 Å². The molecule has 4 N–H and O–H groups in total. The first-order valence-corrected chi connectivity index (χ1v) is 10.5. The summed E-state index contributed by atoms with van der Waals surface area (Å²) in [5.74, 6) is 0.0714. The third-order valence-corrected chi connectivity index (χ3v) is 4.71. The lowest BCUT2D eigenvalue weighted by atomic mass is 10.0. The van der Waals surface area contributed by atoms with Crippen LogP contribution in [-0.4, -0.2) is 42.3 Å². The average Bonchev–Trinajstić information content (AvgIpc) is 2.73. The van der Waals surface area contributed by atoms with Gasteiger partial charge in [0, 0.05) is 24.5 Å². The fourth-order valence-corrected chi connectivity index (χ4v) is 2.93. The summed E-state index contributed by atoms with van der Waals surface area (Å²) in [4.78, 5) is 24.5. The van der Waals surface area contributed by atoms with E-state index in [4.69, 9.17) is 31.9 Å². The molecule has 168 valence electrons. The Morgan fingerprint density at radius 2 is 1.81 bits per heavy atom. The zero-order valence-corrected chi connectivity index (χ0v) is 18.7. The molecule has 0 aromatic heterocycles. The van der Waals surface area contributed by atoms with Gasteiger partial charge in [-0.2, -0.15) is 0 Å². The summed E-state index contributed by atoms with van der Waals surface area (Å²) in [7, 11) is 0. The van der Waals surface area contributed by atoms with Crippen molar-refractivity contribution in [1.29, 1.82) is 0 Å². The zero-order valence-electron chi connectivity index (χ0n) is 17.9. The summed E-state index contributed by atoms with van der Waals surface area (Å²) < 4.78 is 11.2. The van der Waals surface area contributed by atoms with Gasteiger partial charge in [-0.3, -0.25) is 9.59 Å². The van der Waals surface area contributed by atoms with Crippen molar-refractivity contribution in [3.8, 4) is 11.5 Å². The first kappa shape index (κ1) is 24.5. The number of hydrogen-bond donors (Lipinski definition) is 3. The van der Waals surface area contributed by atoms with Crippen molar-refractivity contribution in [2.24, 2.45) is 11.7 Å². The predicted octanol–water partition coefficient (Wildman–Crippen LogP) is 2.96. The van der Waals surface area contributed by atoms with E-state index in [2.05, 4.69) is 5.32 Å². The molecule has 2 aromatic carbocycles. The highest BCUT2D eigenvalue weighted by Gasteiger charge is 2.20. The van der Waals surface area contributed by atoms with Crippen LogP contribution in [0.15, 0.2) is 42.5 Å². The fourth-order valence-electron chi connectivity index (χ4n) is 2.70. The van der Waals surface area contributed by atoms with E-state index in [1.807, 2.05) is 20.8 Å². The number of benzene rings is 2. The number of ether oxygens (including phenoxy) is 2. The standard InChI is InChI=1S/C23H29ClN2O5/c1-14(2)31-21-9-6-17(11-19(21)24)23(29)26-20(22(25)28)10-16-4-7-18(8-5-16)30-13-15(3)12-27/h4-9,11,14-15,20,27H,10,12-13H2,1-3H3,(H2,25,28)(H,26,29)/t15-,20-/m0/s1. The molecule has 2 rings (SSSR count). The van der Waals surface area contributed by atoms with Crippen LogP contribution in [0.5, 0.6) is 11.5 Å². The minimum absolute atomic E-state index is 0.0358. The maximum atomic E-state index is 12.6. The van der Waals surface area contributed by atoms with Gasteiger partial charge in [0.25, 0.3) is 5.91 Å². The van der Waals surface area contributed by atoms with Crippen molar-refractivity contribution in [2.45, 2.75) is 39.3 Å². The number of hydrogen-bond acceptors (Lipinski definition) is 5. The van der Waals surface area contributed by atoms with Crippen LogP contribution in [0, 0.1) is 5.92 Å². The Bertz CT molecular complexity index is 886. The van der Waals surface area contributed by atoms with Crippen LogP contribution in [-0.2, 0) is 11.2 Å². The first-order chi connectivity index (χ1) is 14.7. The molecule has 0 saturated carbocycles. The molecule has 2 atom stereocenters. The van der Waals surface area contributed by atoms with E-state index < -0.39 is 17.9 Å². The Hall–Kier alpha value is -2.77. The lowest BCUT2D eigenvalue weighted by Crippen LogP contribution is -2.45. The molecule has 31 heavy (non-hydrogen) atoms.